The molecule has 1 saturated carbocycles. The Bertz CT molecular complexity index is 381. The van der Waals surface area contributed by atoms with Crippen LogP contribution in [0.2, 0.25) is 0 Å². The van der Waals surface area contributed by atoms with Crippen LogP contribution in [0, 0.1) is 5.92 Å². The second-order valence-corrected chi connectivity index (χ2v) is 5.60. The molecule has 0 saturated heterocycles. The smallest absolute Gasteiger partial charge is 0.422 e. The van der Waals surface area contributed by atoms with Crippen LogP contribution < -0.4 is 10.6 Å². The number of hydrogen-bond acceptors (Lipinski definition) is 2. The second kappa shape index (κ2) is 7.00. The predicted molar refractivity (Wildman–Crippen MR) is 69.8 cm³/mol. The molecule has 122 valence electrons. The Morgan fingerprint density at radius 1 is 1.19 bits per heavy atom. The lowest BCUT2D eigenvalue weighted by molar-refractivity contribution is -0.203. The van der Waals surface area contributed by atoms with Gasteiger partial charge in [-0.25, -0.2) is 9.59 Å². The number of carboxylic acids is 1. The average Bonchev–Trinajstić information content (AvgIpc) is 2.38. The van der Waals surface area contributed by atoms with Crippen molar-refractivity contribution in [1.82, 2.24) is 10.6 Å². The molecule has 1 fully saturated rings. The van der Waals surface area contributed by atoms with Gasteiger partial charge in [0.1, 0.15) is 0 Å². The van der Waals surface area contributed by atoms with Gasteiger partial charge in [0.05, 0.1) is 0 Å². The number of carboxylic acid groups (broad SMARTS) is 1. The van der Waals surface area contributed by atoms with Crippen molar-refractivity contribution in [2.45, 2.75) is 57.2 Å². The van der Waals surface area contributed by atoms with Gasteiger partial charge in [0.15, 0.2) is 0 Å². The number of urea groups is 1. The van der Waals surface area contributed by atoms with Crippen molar-refractivity contribution in [1.29, 1.82) is 0 Å². The minimum Gasteiger partial charge on any atom is -0.479 e. The lowest BCUT2D eigenvalue weighted by Gasteiger charge is -2.28. The van der Waals surface area contributed by atoms with Crippen molar-refractivity contribution < 1.29 is 27.9 Å². The Labute approximate surface area is 121 Å². The summed E-state index contributed by atoms with van der Waals surface area (Å²) < 4.78 is 38.1. The SMILES string of the molecule is CC(NC(=O)NCCC1CCCCC1)(C(=O)O)C(F)(F)F. The molecule has 1 aliphatic carbocycles. The molecular formula is C13H21F3N2O3. The van der Waals surface area contributed by atoms with E-state index in [-0.39, 0.29) is 6.54 Å². The summed E-state index contributed by atoms with van der Waals surface area (Å²) in [6.45, 7) is 0.667. The number of rotatable bonds is 5. The summed E-state index contributed by atoms with van der Waals surface area (Å²) in [5, 5.41) is 12.5. The highest BCUT2D eigenvalue weighted by Gasteiger charge is 2.58. The van der Waals surface area contributed by atoms with Gasteiger partial charge in [-0.2, -0.15) is 13.2 Å². The van der Waals surface area contributed by atoms with Crippen LogP contribution in [0.1, 0.15) is 45.4 Å². The molecule has 5 nitrogen and oxygen atoms in total. The Morgan fingerprint density at radius 2 is 1.76 bits per heavy atom. The van der Waals surface area contributed by atoms with Gasteiger partial charge in [0.25, 0.3) is 0 Å². The number of hydrogen-bond donors (Lipinski definition) is 3. The minimum absolute atomic E-state index is 0.240. The summed E-state index contributed by atoms with van der Waals surface area (Å²) in [6, 6.07) is -1.12. The van der Waals surface area contributed by atoms with Crippen LogP contribution in [-0.2, 0) is 4.79 Å². The van der Waals surface area contributed by atoms with Crippen molar-refractivity contribution in [3.05, 3.63) is 0 Å². The van der Waals surface area contributed by atoms with Gasteiger partial charge in [-0.3, -0.25) is 0 Å². The van der Waals surface area contributed by atoms with Crippen LogP contribution in [0.15, 0.2) is 0 Å². The first-order valence-electron chi connectivity index (χ1n) is 7.03. The average molecular weight is 310 g/mol. The first-order chi connectivity index (χ1) is 9.67. The molecule has 0 spiro atoms. The van der Waals surface area contributed by atoms with Gasteiger partial charge < -0.3 is 15.7 Å². The molecule has 3 N–H and O–H groups in total. The zero-order chi connectivity index (χ0) is 16.1. The molecular weight excluding hydrogens is 289 g/mol. The van der Waals surface area contributed by atoms with Gasteiger partial charge in [-0.05, 0) is 19.3 Å². The lowest BCUT2D eigenvalue weighted by atomic mass is 9.87. The Kier molecular flexibility index (Phi) is 5.86. The fourth-order valence-electron chi connectivity index (χ4n) is 2.38. The molecule has 0 aromatic carbocycles. The van der Waals surface area contributed by atoms with E-state index >= 15 is 0 Å². The number of alkyl halides is 3. The highest BCUT2D eigenvalue weighted by molar-refractivity contribution is 5.86. The summed E-state index contributed by atoms with van der Waals surface area (Å²) in [5.74, 6) is -1.66. The van der Waals surface area contributed by atoms with E-state index < -0.39 is 23.7 Å². The van der Waals surface area contributed by atoms with Gasteiger partial charge in [-0.1, -0.05) is 32.1 Å². The van der Waals surface area contributed by atoms with E-state index in [4.69, 9.17) is 5.11 Å². The highest BCUT2D eigenvalue weighted by atomic mass is 19.4. The summed E-state index contributed by atoms with van der Waals surface area (Å²) in [5.41, 5.74) is -3.29. The number of nitrogens with one attached hydrogen (secondary N) is 2. The number of carbonyl (C=O) groups excluding carboxylic acids is 1. The van der Waals surface area contributed by atoms with E-state index in [9.17, 15) is 22.8 Å². The maximum atomic E-state index is 12.7. The zero-order valence-electron chi connectivity index (χ0n) is 11.9. The molecule has 0 radical (unpaired) electrons. The number of carbonyl (C=O) groups is 2. The highest BCUT2D eigenvalue weighted by Crippen LogP contribution is 2.30. The molecule has 1 aliphatic rings. The van der Waals surface area contributed by atoms with Gasteiger partial charge >= 0.3 is 18.2 Å². The normalized spacial score (nSPS) is 19.6. The topological polar surface area (TPSA) is 78.4 Å². The monoisotopic (exact) mass is 310 g/mol. The van der Waals surface area contributed by atoms with Crippen LogP contribution in [0.4, 0.5) is 18.0 Å². The molecule has 1 atom stereocenters. The molecule has 1 unspecified atom stereocenters. The van der Waals surface area contributed by atoms with Gasteiger partial charge in [0, 0.05) is 6.54 Å². The minimum atomic E-state index is -5.07. The molecule has 2 amide bonds. The van der Waals surface area contributed by atoms with Crippen molar-refractivity contribution in [3.8, 4) is 0 Å². The quantitative estimate of drug-likeness (QED) is 0.730. The maximum absolute atomic E-state index is 12.7. The summed E-state index contributed by atoms with van der Waals surface area (Å²) >= 11 is 0. The third-order valence-electron chi connectivity index (χ3n) is 3.92. The summed E-state index contributed by atoms with van der Waals surface area (Å²) in [6.07, 6.45) is 1.25. The van der Waals surface area contributed by atoms with E-state index in [1.807, 2.05) is 0 Å². The third kappa shape index (κ3) is 4.78. The van der Waals surface area contributed by atoms with E-state index in [1.165, 1.54) is 11.7 Å². The van der Waals surface area contributed by atoms with E-state index in [1.54, 1.807) is 0 Å². The number of aliphatic carboxylic acids is 1. The standard InChI is InChI=1S/C13H21F3N2O3/c1-12(10(19)20,13(14,15)16)18-11(21)17-8-7-9-5-3-2-4-6-9/h9H,2-8H2,1H3,(H,19,20)(H2,17,18,21). The molecule has 21 heavy (non-hydrogen) atoms. The van der Waals surface area contributed by atoms with Crippen LogP contribution >= 0.6 is 0 Å². The first-order valence-corrected chi connectivity index (χ1v) is 7.03. The molecule has 0 aromatic heterocycles. The number of halogens is 3. The van der Waals surface area contributed by atoms with Crippen molar-refractivity contribution in [2.75, 3.05) is 6.54 Å². The predicted octanol–water partition coefficient (Wildman–Crippen LogP) is 2.66. The maximum Gasteiger partial charge on any atom is 0.422 e. The molecule has 1 rings (SSSR count). The zero-order valence-corrected chi connectivity index (χ0v) is 11.9. The van der Waals surface area contributed by atoms with E-state index in [0.29, 0.717) is 19.3 Å². The van der Waals surface area contributed by atoms with Crippen LogP contribution in [-0.4, -0.2) is 35.4 Å². The van der Waals surface area contributed by atoms with Crippen LogP contribution in [0.5, 0.6) is 0 Å². The molecule has 0 heterocycles. The van der Waals surface area contributed by atoms with Gasteiger partial charge in [0.2, 0.25) is 5.54 Å². The first kappa shape index (κ1) is 17.6. The molecule has 0 aromatic rings. The Hall–Kier alpha value is -1.47. The summed E-state index contributed by atoms with van der Waals surface area (Å²) in [7, 11) is 0. The Balaban J connectivity index is 2.42. The largest absolute Gasteiger partial charge is 0.479 e. The summed E-state index contributed by atoms with van der Waals surface area (Å²) in [4.78, 5) is 22.2. The lowest BCUT2D eigenvalue weighted by Crippen LogP contribution is -2.63. The van der Waals surface area contributed by atoms with Crippen LogP contribution in [0.25, 0.3) is 0 Å². The fraction of sp³-hybridized carbons (Fsp3) is 0.846. The van der Waals surface area contributed by atoms with Crippen molar-refractivity contribution >= 4 is 12.0 Å². The third-order valence-corrected chi connectivity index (χ3v) is 3.92. The fourth-order valence-corrected chi connectivity index (χ4v) is 2.38. The second-order valence-electron chi connectivity index (χ2n) is 5.60. The van der Waals surface area contributed by atoms with Crippen LogP contribution in [0.3, 0.4) is 0 Å². The molecule has 0 aliphatic heterocycles. The Morgan fingerprint density at radius 3 is 2.24 bits per heavy atom. The van der Waals surface area contributed by atoms with Crippen molar-refractivity contribution in [2.24, 2.45) is 5.92 Å². The molecule has 8 heteroatoms. The van der Waals surface area contributed by atoms with Crippen molar-refractivity contribution in [3.63, 3.8) is 0 Å². The molecule has 0 bridgehead atoms. The number of amides is 2. The van der Waals surface area contributed by atoms with E-state index in [2.05, 4.69) is 5.32 Å². The van der Waals surface area contributed by atoms with Gasteiger partial charge in [-0.15, -0.1) is 0 Å². The van der Waals surface area contributed by atoms with E-state index in [0.717, 1.165) is 25.7 Å².